The lowest BCUT2D eigenvalue weighted by Gasteiger charge is -2.19. The second-order valence-corrected chi connectivity index (χ2v) is 3.44. The molecule has 1 aliphatic heterocycles. The van der Waals surface area contributed by atoms with Gasteiger partial charge in [0.05, 0.1) is 13.4 Å². The predicted molar refractivity (Wildman–Crippen MR) is 56.0 cm³/mol. The molecule has 78 valence electrons. The number of ether oxygens (including phenoxy) is 2. The third-order valence-electron chi connectivity index (χ3n) is 2.50. The quantitative estimate of drug-likeness (QED) is 0.399. The Balaban J connectivity index is 2.58. The number of hydrogen-bond donors (Lipinski definition) is 0. The van der Waals surface area contributed by atoms with Gasteiger partial charge in [-0.05, 0) is 18.1 Å². The molecule has 1 aromatic carbocycles. The minimum atomic E-state index is -0.324. The monoisotopic (exact) mass is 204 g/mol. The van der Waals surface area contributed by atoms with E-state index in [9.17, 15) is 4.79 Å². The minimum Gasteiger partial charge on any atom is -0.503 e. The average molecular weight is 204 g/mol. The van der Waals surface area contributed by atoms with Gasteiger partial charge in [-0.15, -0.1) is 0 Å². The van der Waals surface area contributed by atoms with E-state index in [4.69, 9.17) is 9.47 Å². The number of hydrogen-bond acceptors (Lipinski definition) is 3. The molecule has 0 saturated carbocycles. The number of aryl methyl sites for hydroxylation is 1. The van der Waals surface area contributed by atoms with Crippen molar-refractivity contribution in [3.63, 3.8) is 0 Å². The van der Waals surface area contributed by atoms with E-state index in [0.717, 1.165) is 16.7 Å². The first-order chi connectivity index (χ1) is 7.24. The molecular formula is C12H12O3. The van der Waals surface area contributed by atoms with Crippen LogP contribution in [0.15, 0.2) is 24.5 Å². The van der Waals surface area contributed by atoms with Crippen molar-refractivity contribution in [3.05, 3.63) is 41.2 Å². The Bertz CT molecular complexity index is 432. The molecule has 0 amide bonds. The van der Waals surface area contributed by atoms with E-state index in [-0.39, 0.29) is 5.97 Å². The van der Waals surface area contributed by atoms with E-state index >= 15 is 0 Å². The van der Waals surface area contributed by atoms with Crippen LogP contribution < -0.4 is 0 Å². The normalized spacial score (nSPS) is 17.2. The topological polar surface area (TPSA) is 35.5 Å². The van der Waals surface area contributed by atoms with Crippen molar-refractivity contribution in [2.45, 2.75) is 13.5 Å². The first-order valence-electron chi connectivity index (χ1n) is 4.73. The lowest BCUT2D eigenvalue weighted by atomic mass is 9.95. The van der Waals surface area contributed by atoms with Gasteiger partial charge in [0.15, 0.2) is 0 Å². The fourth-order valence-electron chi connectivity index (χ4n) is 1.70. The van der Waals surface area contributed by atoms with Crippen LogP contribution in [0.3, 0.4) is 0 Å². The molecule has 0 spiro atoms. The van der Waals surface area contributed by atoms with Crippen LogP contribution >= 0.6 is 0 Å². The average Bonchev–Trinajstić information content (AvgIpc) is 2.23. The van der Waals surface area contributed by atoms with Gasteiger partial charge in [-0.2, -0.15) is 0 Å². The van der Waals surface area contributed by atoms with Gasteiger partial charge >= 0.3 is 5.97 Å². The molecule has 1 heterocycles. The highest BCUT2D eigenvalue weighted by atomic mass is 16.5. The number of carbonyl (C=O) groups is 1. The number of esters is 1. The molecule has 0 fully saturated rings. The van der Waals surface area contributed by atoms with Crippen LogP contribution in [0.2, 0.25) is 0 Å². The fraction of sp³-hybridized carbons (Fsp3) is 0.250. The third-order valence-corrected chi connectivity index (χ3v) is 2.50. The summed E-state index contributed by atoms with van der Waals surface area (Å²) in [7, 11) is 1.52. The molecule has 0 unspecified atom stereocenters. The van der Waals surface area contributed by atoms with Crippen molar-refractivity contribution in [3.8, 4) is 0 Å². The molecule has 0 radical (unpaired) electrons. The van der Waals surface area contributed by atoms with Crippen molar-refractivity contribution in [2.24, 2.45) is 0 Å². The number of carbonyl (C=O) groups excluding carboxylic acids is 1. The molecule has 0 saturated heterocycles. The molecule has 0 bridgehead atoms. The summed E-state index contributed by atoms with van der Waals surface area (Å²) in [5.41, 5.74) is 3.58. The van der Waals surface area contributed by atoms with Crippen LogP contribution in [-0.4, -0.2) is 13.1 Å². The van der Waals surface area contributed by atoms with Crippen LogP contribution in [0.25, 0.3) is 5.57 Å². The number of benzene rings is 1. The Morgan fingerprint density at radius 3 is 3.00 bits per heavy atom. The van der Waals surface area contributed by atoms with Crippen LogP contribution in [0.5, 0.6) is 0 Å². The molecule has 2 rings (SSSR count). The second-order valence-electron chi connectivity index (χ2n) is 3.44. The molecule has 0 aromatic heterocycles. The zero-order valence-electron chi connectivity index (χ0n) is 8.74. The van der Waals surface area contributed by atoms with Crippen LogP contribution in [0.1, 0.15) is 16.7 Å². The maximum atomic E-state index is 11.5. The standard InChI is InChI=1S/C12H12O3/c1-8-4-3-5-9-10(8)7-15-12(13)11(9)6-14-2/h3-6H,7H2,1-2H3/b11-6+. The summed E-state index contributed by atoms with van der Waals surface area (Å²) in [6.45, 7) is 2.35. The number of fused-ring (bicyclic) bond motifs is 1. The first-order valence-corrected chi connectivity index (χ1v) is 4.73. The first kappa shape index (κ1) is 9.77. The van der Waals surface area contributed by atoms with E-state index in [1.54, 1.807) is 0 Å². The molecule has 0 aliphatic carbocycles. The van der Waals surface area contributed by atoms with Crippen molar-refractivity contribution >= 4 is 11.5 Å². The molecule has 0 N–H and O–H groups in total. The lowest BCUT2D eigenvalue weighted by Crippen LogP contribution is -2.16. The summed E-state index contributed by atoms with van der Waals surface area (Å²) >= 11 is 0. The van der Waals surface area contributed by atoms with Gasteiger partial charge in [0.25, 0.3) is 0 Å². The van der Waals surface area contributed by atoms with Crippen molar-refractivity contribution < 1.29 is 14.3 Å². The van der Waals surface area contributed by atoms with Crippen LogP contribution in [-0.2, 0) is 20.9 Å². The Morgan fingerprint density at radius 2 is 2.27 bits per heavy atom. The van der Waals surface area contributed by atoms with Crippen LogP contribution in [0, 0.1) is 6.92 Å². The van der Waals surface area contributed by atoms with Crippen molar-refractivity contribution in [1.82, 2.24) is 0 Å². The van der Waals surface area contributed by atoms with E-state index in [2.05, 4.69) is 0 Å². The van der Waals surface area contributed by atoms with Gasteiger partial charge in [0, 0.05) is 5.56 Å². The van der Waals surface area contributed by atoms with E-state index in [0.29, 0.717) is 12.2 Å². The Hall–Kier alpha value is -1.77. The maximum Gasteiger partial charge on any atom is 0.342 e. The molecule has 15 heavy (non-hydrogen) atoms. The van der Waals surface area contributed by atoms with Crippen LogP contribution in [0.4, 0.5) is 0 Å². The van der Waals surface area contributed by atoms with Gasteiger partial charge in [-0.25, -0.2) is 4.79 Å². The zero-order valence-corrected chi connectivity index (χ0v) is 8.74. The SMILES string of the molecule is CO/C=C1/C(=O)OCc2c(C)cccc21. The Morgan fingerprint density at radius 1 is 1.47 bits per heavy atom. The van der Waals surface area contributed by atoms with Gasteiger partial charge in [0.1, 0.15) is 12.2 Å². The summed E-state index contributed by atoms with van der Waals surface area (Å²) in [5.74, 6) is -0.324. The highest BCUT2D eigenvalue weighted by molar-refractivity contribution is 6.17. The highest BCUT2D eigenvalue weighted by Gasteiger charge is 2.24. The predicted octanol–water partition coefficient (Wildman–Crippen LogP) is 2.04. The number of rotatable bonds is 1. The highest BCUT2D eigenvalue weighted by Crippen LogP contribution is 2.28. The number of cyclic esters (lactones) is 1. The van der Waals surface area contributed by atoms with Crippen molar-refractivity contribution in [1.29, 1.82) is 0 Å². The van der Waals surface area contributed by atoms with E-state index in [1.807, 2.05) is 25.1 Å². The van der Waals surface area contributed by atoms with Gasteiger partial charge < -0.3 is 9.47 Å². The summed E-state index contributed by atoms with van der Waals surface area (Å²) in [6, 6.07) is 5.84. The smallest absolute Gasteiger partial charge is 0.342 e. The molecular weight excluding hydrogens is 192 g/mol. The zero-order chi connectivity index (χ0) is 10.8. The summed E-state index contributed by atoms with van der Waals surface area (Å²) in [6.07, 6.45) is 1.43. The number of methoxy groups -OCH3 is 1. The summed E-state index contributed by atoms with van der Waals surface area (Å²) in [4.78, 5) is 11.5. The molecule has 3 nitrogen and oxygen atoms in total. The fourth-order valence-corrected chi connectivity index (χ4v) is 1.70. The summed E-state index contributed by atoms with van der Waals surface area (Å²) < 4.78 is 9.95. The largest absolute Gasteiger partial charge is 0.503 e. The van der Waals surface area contributed by atoms with Gasteiger partial charge in [0.2, 0.25) is 0 Å². The minimum absolute atomic E-state index is 0.324. The molecule has 3 heteroatoms. The van der Waals surface area contributed by atoms with Gasteiger partial charge in [-0.1, -0.05) is 18.2 Å². The summed E-state index contributed by atoms with van der Waals surface area (Å²) in [5, 5.41) is 0. The van der Waals surface area contributed by atoms with Crippen molar-refractivity contribution in [2.75, 3.05) is 7.11 Å². The van der Waals surface area contributed by atoms with E-state index < -0.39 is 0 Å². The lowest BCUT2D eigenvalue weighted by molar-refractivity contribution is -0.138. The maximum absolute atomic E-state index is 11.5. The molecule has 0 atom stereocenters. The van der Waals surface area contributed by atoms with E-state index in [1.165, 1.54) is 13.4 Å². The third kappa shape index (κ3) is 1.61. The second kappa shape index (κ2) is 3.77. The molecule has 1 aliphatic rings. The van der Waals surface area contributed by atoms with Gasteiger partial charge in [-0.3, -0.25) is 0 Å². The Labute approximate surface area is 88.3 Å². The Kier molecular flexibility index (Phi) is 2.46. The molecule has 1 aromatic rings.